The highest BCUT2D eigenvalue weighted by molar-refractivity contribution is 7.16. The smallest absolute Gasteiger partial charge is 0.0931 e. The van der Waals surface area contributed by atoms with Gasteiger partial charge in [0.05, 0.1) is 4.34 Å². The third kappa shape index (κ3) is 2.38. The van der Waals surface area contributed by atoms with E-state index in [9.17, 15) is 0 Å². The molecule has 1 heterocycles. The molecule has 1 aromatic rings. The summed E-state index contributed by atoms with van der Waals surface area (Å²) < 4.78 is 0.848. The van der Waals surface area contributed by atoms with Crippen LogP contribution in [0, 0.1) is 5.92 Å². The topological polar surface area (TPSA) is 0 Å². The molecule has 0 aliphatic rings. The van der Waals surface area contributed by atoms with Gasteiger partial charge >= 0.3 is 0 Å². The first-order valence-corrected chi connectivity index (χ1v) is 5.69. The molecule has 0 fully saturated rings. The number of hydrogen-bond donors (Lipinski definition) is 0. The molecule has 1 aromatic heterocycles. The highest BCUT2D eigenvalue weighted by atomic mass is 35.5. The summed E-state index contributed by atoms with van der Waals surface area (Å²) in [7, 11) is 0. The Bertz CT molecular complexity index is 242. The van der Waals surface area contributed by atoms with Gasteiger partial charge in [-0.25, -0.2) is 0 Å². The summed E-state index contributed by atoms with van der Waals surface area (Å²) in [6, 6.07) is 4.00. The first-order chi connectivity index (χ1) is 5.65. The van der Waals surface area contributed by atoms with Crippen LogP contribution in [-0.4, -0.2) is 5.88 Å². The zero-order valence-corrected chi connectivity index (χ0v) is 9.51. The summed E-state index contributed by atoms with van der Waals surface area (Å²) in [5, 5.41) is 0. The molecule has 3 heteroatoms. The molecule has 0 aliphatic heterocycles. The molecule has 0 amide bonds. The predicted molar refractivity (Wildman–Crippen MR) is 57.6 cm³/mol. The first-order valence-electron chi connectivity index (χ1n) is 3.96. The molecule has 0 spiro atoms. The Labute approximate surface area is 87.5 Å². The van der Waals surface area contributed by atoms with Crippen LogP contribution in [0.15, 0.2) is 12.1 Å². The van der Waals surface area contributed by atoms with E-state index in [1.807, 2.05) is 6.07 Å². The number of thiophene rings is 1. The van der Waals surface area contributed by atoms with Crippen molar-refractivity contribution in [3.63, 3.8) is 0 Å². The van der Waals surface area contributed by atoms with Crippen LogP contribution >= 0.6 is 34.5 Å². The summed E-state index contributed by atoms with van der Waals surface area (Å²) in [6.07, 6.45) is 0. The van der Waals surface area contributed by atoms with Gasteiger partial charge in [-0.3, -0.25) is 0 Å². The van der Waals surface area contributed by atoms with Crippen LogP contribution in [0.2, 0.25) is 4.34 Å². The van der Waals surface area contributed by atoms with Crippen molar-refractivity contribution in [3.8, 4) is 0 Å². The van der Waals surface area contributed by atoms with Gasteiger partial charge in [-0.2, -0.15) is 0 Å². The fraction of sp³-hybridized carbons (Fsp3) is 0.556. The average molecular weight is 223 g/mol. The van der Waals surface area contributed by atoms with Crippen molar-refractivity contribution < 1.29 is 0 Å². The lowest BCUT2D eigenvalue weighted by Gasteiger charge is -2.15. The Morgan fingerprint density at radius 2 is 2.08 bits per heavy atom. The molecule has 68 valence electrons. The summed E-state index contributed by atoms with van der Waals surface area (Å²) >= 11 is 13.3. The lowest BCUT2D eigenvalue weighted by molar-refractivity contribution is 0.547. The summed E-state index contributed by atoms with van der Waals surface area (Å²) in [6.45, 7) is 4.36. The second kappa shape index (κ2) is 4.50. The van der Waals surface area contributed by atoms with Crippen molar-refractivity contribution in [1.29, 1.82) is 0 Å². The van der Waals surface area contributed by atoms with Gasteiger partial charge in [-0.15, -0.1) is 22.9 Å². The molecule has 0 bridgehead atoms. The normalized spacial score (nSPS) is 13.8. The second-order valence-electron chi connectivity index (χ2n) is 3.15. The van der Waals surface area contributed by atoms with Gasteiger partial charge in [0.2, 0.25) is 0 Å². The van der Waals surface area contributed by atoms with Gasteiger partial charge in [0.25, 0.3) is 0 Å². The zero-order chi connectivity index (χ0) is 9.14. The maximum Gasteiger partial charge on any atom is 0.0931 e. The number of halogens is 2. The number of hydrogen-bond acceptors (Lipinski definition) is 1. The standard InChI is InChI=1S/C9H12Cl2S/c1-6(2)7(5-10)8-3-4-9(11)12-8/h3-4,6-7H,5H2,1-2H3. The van der Waals surface area contributed by atoms with E-state index >= 15 is 0 Å². The van der Waals surface area contributed by atoms with Crippen LogP contribution in [0.3, 0.4) is 0 Å². The number of rotatable bonds is 3. The van der Waals surface area contributed by atoms with E-state index in [2.05, 4.69) is 19.9 Å². The van der Waals surface area contributed by atoms with Gasteiger partial charge in [0.1, 0.15) is 0 Å². The van der Waals surface area contributed by atoms with E-state index in [-0.39, 0.29) is 0 Å². The molecule has 0 aliphatic carbocycles. The molecular weight excluding hydrogens is 211 g/mol. The second-order valence-corrected chi connectivity index (χ2v) is 5.20. The highest BCUT2D eigenvalue weighted by Crippen LogP contribution is 2.33. The minimum atomic E-state index is 0.448. The molecule has 1 unspecified atom stereocenters. The Balaban J connectivity index is 2.80. The van der Waals surface area contributed by atoms with Gasteiger partial charge in [-0.05, 0) is 18.1 Å². The van der Waals surface area contributed by atoms with Crippen LogP contribution in [-0.2, 0) is 0 Å². The maximum absolute atomic E-state index is 5.87. The van der Waals surface area contributed by atoms with Crippen molar-refractivity contribution >= 4 is 34.5 Å². The Kier molecular flexibility index (Phi) is 3.88. The van der Waals surface area contributed by atoms with E-state index in [0.29, 0.717) is 17.7 Å². The summed E-state index contributed by atoms with van der Waals surface area (Å²) in [5.74, 6) is 1.70. The van der Waals surface area contributed by atoms with E-state index in [4.69, 9.17) is 23.2 Å². The third-order valence-corrected chi connectivity index (χ3v) is 3.63. The van der Waals surface area contributed by atoms with E-state index in [1.54, 1.807) is 11.3 Å². The Morgan fingerprint density at radius 1 is 1.42 bits per heavy atom. The molecule has 0 nitrogen and oxygen atoms in total. The molecule has 12 heavy (non-hydrogen) atoms. The largest absolute Gasteiger partial charge is 0.128 e. The molecule has 0 radical (unpaired) electrons. The van der Waals surface area contributed by atoms with Crippen LogP contribution in [0.25, 0.3) is 0 Å². The van der Waals surface area contributed by atoms with Gasteiger partial charge in [-0.1, -0.05) is 25.4 Å². The Morgan fingerprint density at radius 3 is 2.42 bits per heavy atom. The van der Waals surface area contributed by atoms with Gasteiger partial charge < -0.3 is 0 Å². The predicted octanol–water partition coefficient (Wildman–Crippen LogP) is 4.38. The lowest BCUT2D eigenvalue weighted by atomic mass is 9.96. The quantitative estimate of drug-likeness (QED) is 0.667. The van der Waals surface area contributed by atoms with Crippen molar-refractivity contribution in [2.45, 2.75) is 19.8 Å². The summed E-state index contributed by atoms with van der Waals surface area (Å²) in [5.41, 5.74) is 0. The van der Waals surface area contributed by atoms with Crippen molar-refractivity contribution in [3.05, 3.63) is 21.3 Å². The van der Waals surface area contributed by atoms with E-state index in [0.717, 1.165) is 4.34 Å². The van der Waals surface area contributed by atoms with Crippen LogP contribution < -0.4 is 0 Å². The average Bonchev–Trinajstić information content (AvgIpc) is 2.37. The fourth-order valence-electron chi connectivity index (χ4n) is 1.11. The summed E-state index contributed by atoms with van der Waals surface area (Å²) in [4.78, 5) is 1.30. The van der Waals surface area contributed by atoms with Crippen molar-refractivity contribution in [2.75, 3.05) is 5.88 Å². The SMILES string of the molecule is CC(C)C(CCl)c1ccc(Cl)s1. The van der Waals surface area contributed by atoms with Crippen LogP contribution in [0.5, 0.6) is 0 Å². The monoisotopic (exact) mass is 222 g/mol. The van der Waals surface area contributed by atoms with Crippen LogP contribution in [0.4, 0.5) is 0 Å². The minimum Gasteiger partial charge on any atom is -0.128 e. The Hall–Kier alpha value is 0.280. The maximum atomic E-state index is 5.87. The molecule has 0 saturated heterocycles. The third-order valence-electron chi connectivity index (χ3n) is 1.93. The minimum absolute atomic E-state index is 0.448. The highest BCUT2D eigenvalue weighted by Gasteiger charge is 2.16. The lowest BCUT2D eigenvalue weighted by Crippen LogP contribution is -2.05. The van der Waals surface area contributed by atoms with Crippen molar-refractivity contribution in [1.82, 2.24) is 0 Å². The molecule has 1 atom stereocenters. The number of alkyl halides is 1. The van der Waals surface area contributed by atoms with E-state index in [1.165, 1.54) is 4.88 Å². The molecular formula is C9H12Cl2S. The van der Waals surface area contributed by atoms with E-state index < -0.39 is 0 Å². The molecule has 0 saturated carbocycles. The first kappa shape index (κ1) is 10.4. The molecule has 0 aromatic carbocycles. The fourth-order valence-corrected chi connectivity index (χ4v) is 3.06. The molecule has 1 rings (SSSR count). The van der Waals surface area contributed by atoms with Gasteiger partial charge in [0, 0.05) is 16.7 Å². The molecule has 0 N–H and O–H groups in total. The van der Waals surface area contributed by atoms with Crippen LogP contribution in [0.1, 0.15) is 24.6 Å². The zero-order valence-electron chi connectivity index (χ0n) is 7.18. The van der Waals surface area contributed by atoms with Gasteiger partial charge in [0.15, 0.2) is 0 Å². The van der Waals surface area contributed by atoms with Crippen molar-refractivity contribution in [2.24, 2.45) is 5.92 Å².